The molecule has 0 radical (unpaired) electrons. The predicted octanol–water partition coefficient (Wildman–Crippen LogP) is 3.82. The number of hydrogen-bond donors (Lipinski definition) is 2. The molecule has 0 amide bonds. The maximum absolute atomic E-state index is 14.6. The predicted molar refractivity (Wildman–Crippen MR) is 101 cm³/mol. The van der Waals surface area contributed by atoms with E-state index in [-0.39, 0.29) is 17.4 Å². The van der Waals surface area contributed by atoms with E-state index in [2.05, 4.69) is 34.3 Å². The number of halogens is 1. The Hall–Kier alpha value is -2.80. The smallest absolute Gasteiger partial charge is 0.158 e. The first kappa shape index (κ1) is 17.6. The second-order valence-electron chi connectivity index (χ2n) is 7.55. The van der Waals surface area contributed by atoms with Gasteiger partial charge < -0.3 is 15.2 Å². The van der Waals surface area contributed by atoms with Crippen molar-refractivity contribution in [2.24, 2.45) is 0 Å². The summed E-state index contributed by atoms with van der Waals surface area (Å²) < 4.78 is 20.3. The molecule has 0 unspecified atom stereocenters. The number of hydrogen-bond acceptors (Lipinski definition) is 6. The van der Waals surface area contributed by atoms with Gasteiger partial charge in [-0.25, -0.2) is 4.39 Å². The Kier molecular flexibility index (Phi) is 4.19. The summed E-state index contributed by atoms with van der Waals surface area (Å²) in [5.74, 6) is -0.0497. The van der Waals surface area contributed by atoms with Crippen LogP contribution < -0.4 is 5.32 Å². The fourth-order valence-corrected chi connectivity index (χ4v) is 3.64. The van der Waals surface area contributed by atoms with Crippen molar-refractivity contribution in [3.63, 3.8) is 0 Å². The van der Waals surface area contributed by atoms with Gasteiger partial charge in [0.05, 0.1) is 18.2 Å². The van der Waals surface area contributed by atoms with E-state index in [0.717, 1.165) is 23.3 Å². The highest BCUT2D eigenvalue weighted by Crippen LogP contribution is 2.35. The first-order valence-corrected chi connectivity index (χ1v) is 8.84. The van der Waals surface area contributed by atoms with Crippen LogP contribution in [0.15, 0.2) is 30.6 Å². The molecule has 27 heavy (non-hydrogen) atoms. The Balaban J connectivity index is 1.80. The number of aromatic hydroxyl groups is 1. The summed E-state index contributed by atoms with van der Waals surface area (Å²) >= 11 is 0. The minimum atomic E-state index is -0.536. The number of aryl methyl sites for hydroxylation is 1. The first-order chi connectivity index (χ1) is 12.8. The average molecular weight is 368 g/mol. The van der Waals surface area contributed by atoms with Gasteiger partial charge in [0.2, 0.25) is 0 Å². The summed E-state index contributed by atoms with van der Waals surface area (Å²) in [5, 5.41) is 23.1. The molecule has 0 saturated carbocycles. The number of phenolic OH excluding ortho intramolecular Hbond substituents is 1. The Morgan fingerprint density at radius 1 is 1.26 bits per heavy atom. The fourth-order valence-electron chi connectivity index (χ4n) is 3.64. The van der Waals surface area contributed by atoms with Crippen molar-refractivity contribution in [2.45, 2.75) is 38.8 Å². The third-order valence-corrected chi connectivity index (χ3v) is 4.84. The quantitative estimate of drug-likeness (QED) is 0.731. The molecule has 1 aromatic carbocycles. The number of anilines is 1. The Morgan fingerprint density at radius 2 is 2.07 bits per heavy atom. The van der Waals surface area contributed by atoms with Gasteiger partial charge in [-0.1, -0.05) is 0 Å². The topological polar surface area (TPSA) is 80.2 Å². The van der Waals surface area contributed by atoms with Gasteiger partial charge in [0.1, 0.15) is 17.3 Å². The van der Waals surface area contributed by atoms with E-state index in [4.69, 9.17) is 4.74 Å². The summed E-state index contributed by atoms with van der Waals surface area (Å²) in [6.45, 7) is 6.43. The number of pyridine rings is 1. The molecular formula is C20H21FN4O2. The lowest BCUT2D eigenvalue weighted by Gasteiger charge is -2.17. The van der Waals surface area contributed by atoms with Crippen molar-refractivity contribution >= 4 is 16.6 Å². The monoisotopic (exact) mass is 368 g/mol. The number of nitrogens with one attached hydrogen (secondary N) is 1. The normalized spacial score (nSPS) is 18.7. The lowest BCUT2D eigenvalue weighted by Crippen LogP contribution is -2.23. The largest absolute Gasteiger partial charge is 0.508 e. The maximum Gasteiger partial charge on any atom is 0.158 e. The van der Waals surface area contributed by atoms with Gasteiger partial charge >= 0.3 is 0 Å². The van der Waals surface area contributed by atoms with E-state index >= 15 is 0 Å². The highest BCUT2D eigenvalue weighted by Gasteiger charge is 2.32. The number of ether oxygens (including phenoxy) is 1. The van der Waals surface area contributed by atoms with Crippen LogP contribution in [0.25, 0.3) is 22.0 Å². The van der Waals surface area contributed by atoms with Crippen LogP contribution in [0.2, 0.25) is 0 Å². The Bertz CT molecular complexity index is 999. The molecule has 2 N–H and O–H groups in total. The van der Waals surface area contributed by atoms with Crippen LogP contribution in [-0.2, 0) is 4.74 Å². The Morgan fingerprint density at radius 3 is 2.78 bits per heavy atom. The third kappa shape index (κ3) is 3.30. The third-order valence-electron chi connectivity index (χ3n) is 4.84. The van der Waals surface area contributed by atoms with Crippen molar-refractivity contribution in [2.75, 3.05) is 11.9 Å². The van der Waals surface area contributed by atoms with Crippen LogP contribution in [0.4, 0.5) is 10.2 Å². The lowest BCUT2D eigenvalue weighted by atomic mass is 10.00. The van der Waals surface area contributed by atoms with E-state index in [1.54, 1.807) is 25.4 Å². The lowest BCUT2D eigenvalue weighted by molar-refractivity contribution is 0.0363. The number of phenols is 1. The molecule has 4 rings (SSSR count). The molecule has 1 saturated heterocycles. The number of nitrogens with zero attached hydrogens (tertiary/aromatic N) is 3. The van der Waals surface area contributed by atoms with Gasteiger partial charge in [-0.2, -0.15) is 0 Å². The highest BCUT2D eigenvalue weighted by molar-refractivity contribution is 6.00. The molecule has 1 aliphatic heterocycles. The summed E-state index contributed by atoms with van der Waals surface area (Å²) in [4.78, 5) is 4.20. The average Bonchev–Trinajstić information content (AvgIpc) is 2.94. The molecule has 0 spiro atoms. The number of rotatable bonds is 3. The zero-order valence-electron chi connectivity index (χ0n) is 15.5. The summed E-state index contributed by atoms with van der Waals surface area (Å²) in [6.07, 6.45) is 4.20. The van der Waals surface area contributed by atoms with Crippen molar-refractivity contribution < 1.29 is 14.2 Å². The number of benzene rings is 1. The van der Waals surface area contributed by atoms with E-state index in [0.29, 0.717) is 29.2 Å². The van der Waals surface area contributed by atoms with Crippen molar-refractivity contribution in [3.8, 4) is 17.0 Å². The van der Waals surface area contributed by atoms with Gasteiger partial charge in [0, 0.05) is 34.8 Å². The molecule has 3 heterocycles. The van der Waals surface area contributed by atoms with Crippen molar-refractivity contribution in [1.82, 2.24) is 15.2 Å². The molecule has 0 bridgehead atoms. The molecule has 2 aromatic heterocycles. The SMILES string of the molecule is Cc1cc(O)cc(F)c1-c1nnc(N[C@@H]2COC(C)(C)C2)c2cnccc12. The maximum atomic E-state index is 14.6. The molecule has 3 aromatic rings. The second kappa shape index (κ2) is 6.42. The van der Waals surface area contributed by atoms with Gasteiger partial charge in [-0.3, -0.25) is 4.98 Å². The van der Waals surface area contributed by atoms with Gasteiger partial charge in [0.25, 0.3) is 0 Å². The first-order valence-electron chi connectivity index (χ1n) is 8.84. The van der Waals surface area contributed by atoms with E-state index in [1.165, 1.54) is 6.07 Å². The van der Waals surface area contributed by atoms with Gasteiger partial charge in [-0.15, -0.1) is 10.2 Å². The molecule has 140 valence electrons. The Labute approximate surface area is 156 Å². The summed E-state index contributed by atoms with van der Waals surface area (Å²) in [7, 11) is 0. The summed E-state index contributed by atoms with van der Waals surface area (Å²) in [5.41, 5.74) is 1.17. The highest BCUT2D eigenvalue weighted by atomic mass is 19.1. The zero-order valence-corrected chi connectivity index (χ0v) is 15.5. The van der Waals surface area contributed by atoms with Crippen molar-refractivity contribution in [1.29, 1.82) is 0 Å². The molecule has 1 atom stereocenters. The molecule has 1 aliphatic rings. The van der Waals surface area contributed by atoms with E-state index in [9.17, 15) is 9.50 Å². The minimum absolute atomic E-state index is 0.116. The number of fused-ring (bicyclic) bond motifs is 1. The number of aromatic nitrogens is 3. The molecule has 1 fully saturated rings. The minimum Gasteiger partial charge on any atom is -0.508 e. The van der Waals surface area contributed by atoms with Crippen LogP contribution in [0, 0.1) is 12.7 Å². The molecular weight excluding hydrogens is 347 g/mol. The van der Waals surface area contributed by atoms with E-state index in [1.807, 2.05) is 0 Å². The van der Waals surface area contributed by atoms with Gasteiger partial charge in [0.15, 0.2) is 5.82 Å². The molecule has 6 nitrogen and oxygen atoms in total. The van der Waals surface area contributed by atoms with Gasteiger partial charge in [-0.05, 0) is 44.9 Å². The van der Waals surface area contributed by atoms with Crippen molar-refractivity contribution in [3.05, 3.63) is 42.0 Å². The fraction of sp³-hybridized carbons (Fsp3) is 0.350. The molecule has 7 heteroatoms. The summed E-state index contributed by atoms with van der Waals surface area (Å²) in [6, 6.07) is 4.51. The van der Waals surface area contributed by atoms with Crippen LogP contribution >= 0.6 is 0 Å². The van der Waals surface area contributed by atoms with Crippen LogP contribution in [-0.4, -0.2) is 38.5 Å². The second-order valence-corrected chi connectivity index (χ2v) is 7.55. The van der Waals surface area contributed by atoms with E-state index < -0.39 is 5.82 Å². The van der Waals surface area contributed by atoms with Crippen LogP contribution in [0.1, 0.15) is 25.8 Å². The van der Waals surface area contributed by atoms with Crippen LogP contribution in [0.3, 0.4) is 0 Å². The standard InChI is InChI=1S/C20H21FN4O2/c1-11-6-13(26)7-16(21)17(11)18-14-4-5-22-9-15(14)19(25-24-18)23-12-8-20(2,3)27-10-12/h4-7,9,12,26H,8,10H2,1-3H3,(H,23,25)/t12-/m0/s1. The zero-order chi connectivity index (χ0) is 19.2. The molecule has 0 aliphatic carbocycles. The van der Waals surface area contributed by atoms with Crippen LogP contribution in [0.5, 0.6) is 5.75 Å².